The molecule has 3 N–H and O–H groups in total. The average molecular weight is 424 g/mol. The Morgan fingerprint density at radius 3 is 2.45 bits per heavy atom. The molecular formula is C24H29N3O4. The Bertz CT molecular complexity index is 947. The van der Waals surface area contributed by atoms with Crippen LogP contribution in [-0.4, -0.2) is 40.3 Å². The number of hydroxylamine groups is 1. The third-order valence-corrected chi connectivity index (χ3v) is 6.38. The van der Waals surface area contributed by atoms with Crippen molar-refractivity contribution in [3.63, 3.8) is 0 Å². The Kier molecular flexibility index (Phi) is 6.07. The van der Waals surface area contributed by atoms with Crippen molar-refractivity contribution in [2.24, 2.45) is 5.92 Å². The number of benzene rings is 1. The molecule has 2 heterocycles. The maximum Gasteiger partial charge on any atom is 0.251 e. The van der Waals surface area contributed by atoms with E-state index in [1.807, 2.05) is 38.1 Å². The second-order valence-corrected chi connectivity index (χ2v) is 8.84. The molecule has 1 spiro atoms. The van der Waals surface area contributed by atoms with E-state index in [1.54, 1.807) is 5.48 Å². The van der Waals surface area contributed by atoms with Gasteiger partial charge in [-0.2, -0.15) is 0 Å². The molecule has 7 nitrogen and oxygen atoms in total. The molecule has 164 valence electrons. The molecule has 2 amide bonds. The van der Waals surface area contributed by atoms with Crippen molar-refractivity contribution in [1.29, 1.82) is 0 Å². The van der Waals surface area contributed by atoms with E-state index in [2.05, 4.69) is 22.4 Å². The minimum absolute atomic E-state index is 0.224. The van der Waals surface area contributed by atoms with E-state index in [0.29, 0.717) is 25.0 Å². The Morgan fingerprint density at radius 2 is 1.84 bits per heavy atom. The fourth-order valence-corrected chi connectivity index (χ4v) is 5.04. The molecule has 2 fully saturated rings. The Hall–Kier alpha value is -2.77. The topological polar surface area (TPSA) is 101 Å². The van der Waals surface area contributed by atoms with Gasteiger partial charge in [0.15, 0.2) is 0 Å². The van der Waals surface area contributed by atoms with Crippen molar-refractivity contribution in [2.45, 2.75) is 57.6 Å². The van der Waals surface area contributed by atoms with Gasteiger partial charge in [0, 0.05) is 29.6 Å². The molecule has 1 saturated carbocycles. The highest BCUT2D eigenvalue weighted by molar-refractivity contribution is 5.95. The van der Waals surface area contributed by atoms with Crippen molar-refractivity contribution < 1.29 is 19.5 Å². The molecule has 1 aromatic heterocycles. The number of pyridine rings is 1. The van der Waals surface area contributed by atoms with Crippen LogP contribution in [0.4, 0.5) is 0 Å². The number of nitrogens with zero attached hydrogens (tertiary/aromatic N) is 1. The molecule has 1 saturated heterocycles. The quantitative estimate of drug-likeness (QED) is 0.507. The number of aromatic nitrogens is 1. The number of amides is 2. The van der Waals surface area contributed by atoms with Gasteiger partial charge in [0.2, 0.25) is 5.91 Å². The van der Waals surface area contributed by atoms with Crippen molar-refractivity contribution in [3.05, 3.63) is 64.5 Å². The van der Waals surface area contributed by atoms with Crippen molar-refractivity contribution in [3.8, 4) is 0 Å². The fourth-order valence-electron chi connectivity index (χ4n) is 5.04. The van der Waals surface area contributed by atoms with Gasteiger partial charge in [0.05, 0.1) is 11.5 Å². The average Bonchev–Trinajstić information content (AvgIpc) is 3.33. The van der Waals surface area contributed by atoms with Gasteiger partial charge in [-0.3, -0.25) is 19.8 Å². The number of hydrogen-bond acceptors (Lipinski definition) is 5. The number of carbonyl (C=O) groups excluding carboxylic acids is 2. The molecule has 2 aromatic rings. The first kappa shape index (κ1) is 21.5. The monoisotopic (exact) mass is 423 g/mol. The summed E-state index contributed by atoms with van der Waals surface area (Å²) in [6.45, 7) is 4.64. The summed E-state index contributed by atoms with van der Waals surface area (Å²) >= 11 is 0. The van der Waals surface area contributed by atoms with Crippen LogP contribution in [0.1, 0.15) is 58.6 Å². The highest BCUT2D eigenvalue weighted by Gasteiger charge is 2.51. The molecule has 1 aliphatic carbocycles. The van der Waals surface area contributed by atoms with E-state index >= 15 is 0 Å². The fraction of sp³-hybridized carbons (Fsp3) is 0.458. The second-order valence-electron chi connectivity index (χ2n) is 8.84. The molecule has 7 heteroatoms. The van der Waals surface area contributed by atoms with Crippen LogP contribution in [0.5, 0.6) is 0 Å². The van der Waals surface area contributed by atoms with Crippen LogP contribution in [-0.2, 0) is 16.0 Å². The Morgan fingerprint density at radius 1 is 1.13 bits per heavy atom. The highest BCUT2D eigenvalue weighted by atomic mass is 16.5. The molecule has 4 rings (SSSR count). The molecule has 31 heavy (non-hydrogen) atoms. The molecule has 2 aliphatic rings. The zero-order valence-electron chi connectivity index (χ0n) is 18.0. The van der Waals surface area contributed by atoms with E-state index in [9.17, 15) is 9.59 Å². The first-order valence-corrected chi connectivity index (χ1v) is 10.8. The summed E-state index contributed by atoms with van der Waals surface area (Å²) in [7, 11) is 0. The third-order valence-electron chi connectivity index (χ3n) is 6.38. The van der Waals surface area contributed by atoms with Crippen LogP contribution >= 0.6 is 0 Å². The third kappa shape index (κ3) is 4.78. The predicted molar refractivity (Wildman–Crippen MR) is 115 cm³/mol. The van der Waals surface area contributed by atoms with E-state index < -0.39 is 11.8 Å². The van der Waals surface area contributed by atoms with Gasteiger partial charge in [-0.1, -0.05) is 12.1 Å². The number of hydrogen-bond donors (Lipinski definition) is 3. The van der Waals surface area contributed by atoms with Crippen LogP contribution in [0, 0.1) is 19.8 Å². The van der Waals surface area contributed by atoms with E-state index in [-0.39, 0.29) is 17.6 Å². The molecule has 0 bridgehead atoms. The smallest absolute Gasteiger partial charge is 0.251 e. The molecule has 3 atom stereocenters. The first-order valence-electron chi connectivity index (χ1n) is 10.8. The second kappa shape index (κ2) is 8.77. The lowest BCUT2D eigenvalue weighted by Crippen LogP contribution is -2.43. The van der Waals surface area contributed by atoms with E-state index in [1.165, 1.54) is 5.56 Å². The Balaban J connectivity index is 1.43. The minimum atomic E-state index is -0.510. The lowest BCUT2D eigenvalue weighted by Gasteiger charge is -2.22. The highest BCUT2D eigenvalue weighted by Crippen LogP contribution is 2.44. The van der Waals surface area contributed by atoms with Gasteiger partial charge in [-0.05, 0) is 81.3 Å². The van der Waals surface area contributed by atoms with Crippen LogP contribution in [0.2, 0.25) is 0 Å². The lowest BCUT2D eigenvalue weighted by atomic mass is 9.96. The van der Waals surface area contributed by atoms with E-state index in [4.69, 9.17) is 9.94 Å². The molecule has 0 unspecified atom stereocenters. The van der Waals surface area contributed by atoms with Gasteiger partial charge < -0.3 is 10.1 Å². The molecule has 1 aromatic carbocycles. The number of carbonyl (C=O) groups is 2. The van der Waals surface area contributed by atoms with Crippen molar-refractivity contribution in [1.82, 2.24) is 15.8 Å². The number of ether oxygens (including phenoxy) is 1. The maximum absolute atomic E-state index is 12.9. The van der Waals surface area contributed by atoms with Gasteiger partial charge >= 0.3 is 0 Å². The summed E-state index contributed by atoms with van der Waals surface area (Å²) in [4.78, 5) is 29.4. The van der Waals surface area contributed by atoms with Crippen LogP contribution < -0.4 is 10.8 Å². The summed E-state index contributed by atoms with van der Waals surface area (Å²) in [5, 5.41) is 12.1. The molecule has 1 aliphatic heterocycles. The first-order chi connectivity index (χ1) is 14.9. The van der Waals surface area contributed by atoms with Gasteiger partial charge in [0.1, 0.15) is 0 Å². The minimum Gasteiger partial charge on any atom is -0.375 e. The number of aryl methyl sites for hydroxylation is 2. The molecule has 0 radical (unpaired) electrons. The van der Waals surface area contributed by atoms with Crippen LogP contribution in [0.15, 0.2) is 36.4 Å². The molecular weight excluding hydrogens is 394 g/mol. The zero-order chi connectivity index (χ0) is 22.0. The summed E-state index contributed by atoms with van der Waals surface area (Å²) in [5.41, 5.74) is 6.20. The largest absolute Gasteiger partial charge is 0.375 e. The summed E-state index contributed by atoms with van der Waals surface area (Å²) < 4.78 is 5.92. The van der Waals surface area contributed by atoms with Gasteiger partial charge in [-0.25, -0.2) is 5.48 Å². The van der Waals surface area contributed by atoms with Crippen molar-refractivity contribution in [2.75, 3.05) is 6.61 Å². The SMILES string of the molecule is Cc1cc(Cc2ccc(C(=O)N[C@@H]3C[C@@]4(CCCO4)C[C@@H]3C(=O)NO)cc2)cc(C)n1. The van der Waals surface area contributed by atoms with Gasteiger partial charge in [0.25, 0.3) is 5.91 Å². The zero-order valence-corrected chi connectivity index (χ0v) is 18.0. The normalized spacial score (nSPS) is 25.0. The van der Waals surface area contributed by atoms with Crippen molar-refractivity contribution >= 4 is 11.8 Å². The van der Waals surface area contributed by atoms with E-state index in [0.717, 1.165) is 36.2 Å². The van der Waals surface area contributed by atoms with Crippen LogP contribution in [0.3, 0.4) is 0 Å². The summed E-state index contributed by atoms with van der Waals surface area (Å²) in [6, 6.07) is 11.3. The van der Waals surface area contributed by atoms with Crippen LogP contribution in [0.25, 0.3) is 0 Å². The summed E-state index contributed by atoms with van der Waals surface area (Å²) in [6.07, 6.45) is 3.68. The summed E-state index contributed by atoms with van der Waals surface area (Å²) in [5.74, 6) is -1.21. The number of nitrogens with one attached hydrogen (secondary N) is 2. The predicted octanol–water partition coefficient (Wildman–Crippen LogP) is 2.85. The van der Waals surface area contributed by atoms with Gasteiger partial charge in [-0.15, -0.1) is 0 Å². The Labute approximate surface area is 182 Å². The number of rotatable bonds is 5. The lowest BCUT2D eigenvalue weighted by molar-refractivity contribution is -0.134. The standard InChI is InChI=1S/C24H29N3O4/c1-15-10-18(11-16(2)25-15)12-17-4-6-19(7-5-17)22(28)26-21-14-24(8-3-9-31-24)13-20(21)23(29)27-30/h4-7,10-11,20-21,30H,3,8-9,12-14H2,1-2H3,(H,26,28)(H,27,29)/t20-,21+,24+/m0/s1. The maximum atomic E-state index is 12.9.